The Morgan fingerprint density at radius 3 is 2.80 bits per heavy atom. The van der Waals surface area contributed by atoms with E-state index in [1.165, 1.54) is 15.6 Å². The van der Waals surface area contributed by atoms with Crippen LogP contribution in [0.15, 0.2) is 34.6 Å². The molecule has 1 aliphatic heterocycles. The van der Waals surface area contributed by atoms with E-state index in [-0.39, 0.29) is 24.0 Å². The molecule has 0 bridgehead atoms. The second kappa shape index (κ2) is 7.51. The molecule has 0 atom stereocenters. The van der Waals surface area contributed by atoms with Crippen LogP contribution in [0.4, 0.5) is 0 Å². The van der Waals surface area contributed by atoms with E-state index in [0.717, 1.165) is 24.6 Å². The number of hydrogen-bond donors (Lipinski definition) is 1. The zero-order valence-electron chi connectivity index (χ0n) is 11.1. The largest absolute Gasteiger partial charge is 0.370 e. The number of nitrogens with two attached hydrogens (primary N) is 1. The van der Waals surface area contributed by atoms with Gasteiger partial charge in [0.15, 0.2) is 5.96 Å². The van der Waals surface area contributed by atoms with Crippen LogP contribution < -0.4 is 5.73 Å². The number of thioether (sulfide) groups is 1. The van der Waals surface area contributed by atoms with Crippen molar-refractivity contribution in [2.75, 3.05) is 24.6 Å². The van der Waals surface area contributed by atoms with Crippen molar-refractivity contribution in [1.29, 1.82) is 0 Å². The number of hydrogen-bond acceptors (Lipinski definition) is 3. The second-order valence-corrected chi connectivity index (χ2v) is 6.67. The van der Waals surface area contributed by atoms with Crippen molar-refractivity contribution in [3.8, 4) is 0 Å². The Morgan fingerprint density at radius 2 is 2.00 bits per heavy atom. The van der Waals surface area contributed by atoms with Gasteiger partial charge in [0.25, 0.3) is 0 Å². The summed E-state index contributed by atoms with van der Waals surface area (Å²) in [6.45, 7) is 2.72. The standard InChI is InChI=1S/C14H17N3S2.HI/c15-14(17-5-7-18-8-6-17)16-9-11-10-19-13-4-2-1-3-12(11)13;/h1-4,10H,5-9H2,(H2,15,16);1H. The smallest absolute Gasteiger partial charge is 0.191 e. The summed E-state index contributed by atoms with van der Waals surface area (Å²) in [5, 5.41) is 3.49. The molecule has 1 fully saturated rings. The van der Waals surface area contributed by atoms with Gasteiger partial charge in [-0.05, 0) is 22.4 Å². The fourth-order valence-electron chi connectivity index (χ4n) is 2.21. The molecular weight excluding hydrogens is 401 g/mol. The van der Waals surface area contributed by atoms with Gasteiger partial charge in [-0.15, -0.1) is 35.3 Å². The Morgan fingerprint density at radius 1 is 1.25 bits per heavy atom. The van der Waals surface area contributed by atoms with Crippen molar-refractivity contribution in [3.63, 3.8) is 0 Å². The third kappa shape index (κ3) is 3.59. The highest BCUT2D eigenvalue weighted by molar-refractivity contribution is 14.0. The quantitative estimate of drug-likeness (QED) is 0.461. The monoisotopic (exact) mass is 419 g/mol. The minimum atomic E-state index is 0. The van der Waals surface area contributed by atoms with Crippen LogP contribution in [0.3, 0.4) is 0 Å². The van der Waals surface area contributed by atoms with Crippen LogP contribution >= 0.6 is 47.1 Å². The molecule has 1 aromatic heterocycles. The van der Waals surface area contributed by atoms with E-state index >= 15 is 0 Å². The van der Waals surface area contributed by atoms with E-state index < -0.39 is 0 Å². The summed E-state index contributed by atoms with van der Waals surface area (Å²) < 4.78 is 1.32. The molecule has 20 heavy (non-hydrogen) atoms. The zero-order valence-corrected chi connectivity index (χ0v) is 15.1. The summed E-state index contributed by atoms with van der Waals surface area (Å²) in [5.41, 5.74) is 7.35. The van der Waals surface area contributed by atoms with Gasteiger partial charge in [0.1, 0.15) is 0 Å². The average molecular weight is 419 g/mol. The van der Waals surface area contributed by atoms with Crippen LogP contribution in [0.1, 0.15) is 5.56 Å². The lowest BCUT2D eigenvalue weighted by Gasteiger charge is -2.27. The van der Waals surface area contributed by atoms with Crippen molar-refractivity contribution >= 4 is 63.1 Å². The molecule has 0 spiro atoms. The van der Waals surface area contributed by atoms with Gasteiger partial charge in [-0.3, -0.25) is 0 Å². The number of fused-ring (bicyclic) bond motifs is 1. The molecule has 0 unspecified atom stereocenters. The van der Waals surface area contributed by atoms with Crippen molar-refractivity contribution in [2.45, 2.75) is 6.54 Å². The van der Waals surface area contributed by atoms with Gasteiger partial charge < -0.3 is 10.6 Å². The highest BCUT2D eigenvalue weighted by Gasteiger charge is 2.12. The second-order valence-electron chi connectivity index (χ2n) is 4.53. The molecule has 0 aliphatic carbocycles. The Labute approximate surface area is 144 Å². The molecule has 108 valence electrons. The SMILES string of the molecule is I.NC(=NCc1csc2ccccc12)N1CCSCC1. The molecular formula is C14H18IN3S2. The summed E-state index contributed by atoms with van der Waals surface area (Å²) in [6, 6.07) is 8.46. The van der Waals surface area contributed by atoms with Crippen LogP contribution in [0.5, 0.6) is 0 Å². The van der Waals surface area contributed by atoms with Gasteiger partial charge in [-0.2, -0.15) is 11.8 Å². The Bertz CT molecular complexity index is 591. The first-order valence-corrected chi connectivity index (χ1v) is 8.46. The number of halogens is 1. The Hall–Kier alpha value is -0.470. The zero-order chi connectivity index (χ0) is 13.1. The van der Waals surface area contributed by atoms with Crippen LogP contribution in [-0.2, 0) is 6.54 Å². The fourth-order valence-corrected chi connectivity index (χ4v) is 4.07. The first kappa shape index (κ1) is 15.9. The fraction of sp³-hybridized carbons (Fsp3) is 0.357. The molecule has 1 aliphatic rings. The van der Waals surface area contributed by atoms with E-state index in [2.05, 4.69) is 39.5 Å². The lowest BCUT2D eigenvalue weighted by Crippen LogP contribution is -2.42. The minimum absolute atomic E-state index is 0. The topological polar surface area (TPSA) is 41.6 Å². The first-order chi connectivity index (χ1) is 9.34. The predicted octanol–water partition coefficient (Wildman–Crippen LogP) is 3.38. The molecule has 0 amide bonds. The molecule has 6 heteroatoms. The Balaban J connectivity index is 0.00000147. The lowest BCUT2D eigenvalue weighted by atomic mass is 10.2. The number of benzene rings is 1. The molecule has 2 aromatic rings. The Kier molecular flexibility index (Phi) is 5.98. The summed E-state index contributed by atoms with van der Waals surface area (Å²) in [4.78, 5) is 6.74. The normalized spacial score (nSPS) is 16.2. The number of guanidine groups is 1. The van der Waals surface area contributed by atoms with Crippen LogP contribution in [-0.4, -0.2) is 35.5 Å². The van der Waals surface area contributed by atoms with Gasteiger partial charge in [-0.1, -0.05) is 18.2 Å². The van der Waals surface area contributed by atoms with E-state index in [9.17, 15) is 0 Å². The molecule has 3 nitrogen and oxygen atoms in total. The molecule has 0 radical (unpaired) electrons. The van der Waals surface area contributed by atoms with E-state index in [1.54, 1.807) is 11.3 Å². The minimum Gasteiger partial charge on any atom is -0.370 e. The van der Waals surface area contributed by atoms with E-state index in [1.807, 2.05) is 11.8 Å². The molecule has 0 saturated carbocycles. The number of aliphatic imine (C=N–C) groups is 1. The van der Waals surface area contributed by atoms with Crippen LogP contribution in [0.2, 0.25) is 0 Å². The summed E-state index contributed by atoms with van der Waals surface area (Å²) in [7, 11) is 0. The summed E-state index contributed by atoms with van der Waals surface area (Å²) in [6.07, 6.45) is 0. The maximum atomic E-state index is 6.08. The third-order valence-corrected chi connectivity index (χ3v) is 5.26. The predicted molar refractivity (Wildman–Crippen MR) is 101 cm³/mol. The summed E-state index contributed by atoms with van der Waals surface area (Å²) in [5.74, 6) is 2.99. The molecule has 3 rings (SSSR count). The molecule has 2 heterocycles. The van der Waals surface area contributed by atoms with E-state index in [4.69, 9.17) is 5.73 Å². The average Bonchev–Trinajstić information content (AvgIpc) is 2.89. The van der Waals surface area contributed by atoms with Gasteiger partial charge in [-0.25, -0.2) is 4.99 Å². The van der Waals surface area contributed by atoms with Crippen molar-refractivity contribution in [1.82, 2.24) is 4.90 Å². The third-order valence-electron chi connectivity index (χ3n) is 3.31. The van der Waals surface area contributed by atoms with Crippen molar-refractivity contribution in [3.05, 3.63) is 35.2 Å². The summed E-state index contributed by atoms with van der Waals surface area (Å²) >= 11 is 3.76. The maximum absolute atomic E-state index is 6.08. The van der Waals surface area contributed by atoms with Gasteiger partial charge in [0.05, 0.1) is 6.54 Å². The highest BCUT2D eigenvalue weighted by Crippen LogP contribution is 2.26. The van der Waals surface area contributed by atoms with Crippen LogP contribution in [0, 0.1) is 0 Å². The lowest BCUT2D eigenvalue weighted by molar-refractivity contribution is 0.456. The van der Waals surface area contributed by atoms with Gasteiger partial charge in [0, 0.05) is 29.3 Å². The maximum Gasteiger partial charge on any atom is 0.191 e. The van der Waals surface area contributed by atoms with Crippen molar-refractivity contribution < 1.29 is 0 Å². The van der Waals surface area contributed by atoms with Gasteiger partial charge >= 0.3 is 0 Å². The number of rotatable bonds is 2. The van der Waals surface area contributed by atoms with E-state index in [0.29, 0.717) is 12.5 Å². The van der Waals surface area contributed by atoms with Gasteiger partial charge in [0.2, 0.25) is 0 Å². The van der Waals surface area contributed by atoms with Crippen molar-refractivity contribution in [2.24, 2.45) is 10.7 Å². The molecule has 2 N–H and O–H groups in total. The number of nitrogens with zero attached hydrogens (tertiary/aromatic N) is 2. The highest BCUT2D eigenvalue weighted by atomic mass is 127. The van der Waals surface area contributed by atoms with Crippen LogP contribution in [0.25, 0.3) is 10.1 Å². The first-order valence-electron chi connectivity index (χ1n) is 6.42. The molecule has 1 saturated heterocycles. The number of thiophene rings is 1. The molecule has 1 aromatic carbocycles.